The van der Waals surface area contributed by atoms with Crippen molar-refractivity contribution in [2.45, 2.75) is 26.2 Å². The number of carbonyl (C=O) groups is 2. The van der Waals surface area contributed by atoms with Crippen LogP contribution in [-0.2, 0) is 17.6 Å². The quantitative estimate of drug-likeness (QED) is 0.826. The molecule has 0 aromatic heterocycles. The number of rotatable bonds is 7. The van der Waals surface area contributed by atoms with Crippen LogP contribution >= 0.6 is 0 Å². The SMILES string of the molecule is Cc1cccc(CCNC(=O)CCc2ccccc2C(=O)O)c1. The first-order valence-corrected chi connectivity index (χ1v) is 7.69. The van der Waals surface area contributed by atoms with E-state index < -0.39 is 5.97 Å². The second kappa shape index (κ2) is 8.13. The van der Waals surface area contributed by atoms with Gasteiger partial charge in [-0.05, 0) is 37.0 Å². The fourth-order valence-electron chi connectivity index (χ4n) is 2.50. The van der Waals surface area contributed by atoms with E-state index in [2.05, 4.69) is 11.4 Å². The number of carbonyl (C=O) groups excluding carboxylic acids is 1. The molecular weight excluding hydrogens is 290 g/mol. The Labute approximate surface area is 136 Å². The Morgan fingerprint density at radius 2 is 1.83 bits per heavy atom. The Kier molecular flexibility index (Phi) is 5.92. The highest BCUT2D eigenvalue weighted by molar-refractivity contribution is 5.89. The molecule has 0 radical (unpaired) electrons. The molecule has 0 aliphatic heterocycles. The zero-order valence-corrected chi connectivity index (χ0v) is 13.2. The van der Waals surface area contributed by atoms with Gasteiger partial charge in [0.2, 0.25) is 5.91 Å². The van der Waals surface area contributed by atoms with Crippen LogP contribution in [0.25, 0.3) is 0 Å². The number of carboxylic acid groups (broad SMARTS) is 1. The molecule has 4 heteroatoms. The highest BCUT2D eigenvalue weighted by atomic mass is 16.4. The lowest BCUT2D eigenvalue weighted by atomic mass is 10.0. The molecule has 2 rings (SSSR count). The second-order valence-corrected chi connectivity index (χ2v) is 5.55. The summed E-state index contributed by atoms with van der Waals surface area (Å²) in [6.45, 7) is 2.63. The Bertz CT molecular complexity index is 695. The fraction of sp³-hybridized carbons (Fsp3) is 0.263. The minimum Gasteiger partial charge on any atom is -0.478 e. The lowest BCUT2D eigenvalue weighted by molar-refractivity contribution is -0.121. The van der Waals surface area contributed by atoms with Crippen molar-refractivity contribution in [1.29, 1.82) is 0 Å². The first kappa shape index (κ1) is 16.7. The van der Waals surface area contributed by atoms with Gasteiger partial charge in [-0.25, -0.2) is 4.79 Å². The van der Waals surface area contributed by atoms with E-state index in [1.165, 1.54) is 11.1 Å². The molecule has 0 fully saturated rings. The molecule has 0 aliphatic rings. The third kappa shape index (κ3) is 5.25. The minimum atomic E-state index is -0.958. The summed E-state index contributed by atoms with van der Waals surface area (Å²) in [5.74, 6) is -1.02. The van der Waals surface area contributed by atoms with Crippen LogP contribution < -0.4 is 5.32 Å². The Hall–Kier alpha value is -2.62. The van der Waals surface area contributed by atoms with Crippen LogP contribution in [0.2, 0.25) is 0 Å². The van der Waals surface area contributed by atoms with E-state index in [1.54, 1.807) is 24.3 Å². The molecule has 1 amide bonds. The normalized spacial score (nSPS) is 10.3. The van der Waals surface area contributed by atoms with E-state index in [9.17, 15) is 9.59 Å². The molecule has 2 N–H and O–H groups in total. The third-order valence-electron chi connectivity index (χ3n) is 3.69. The zero-order chi connectivity index (χ0) is 16.7. The predicted octanol–water partition coefficient (Wildman–Crippen LogP) is 2.98. The van der Waals surface area contributed by atoms with Crippen molar-refractivity contribution in [3.8, 4) is 0 Å². The molecule has 0 atom stereocenters. The molecule has 0 aliphatic carbocycles. The molecule has 23 heavy (non-hydrogen) atoms. The smallest absolute Gasteiger partial charge is 0.335 e. The molecule has 2 aromatic carbocycles. The van der Waals surface area contributed by atoms with E-state index in [4.69, 9.17) is 5.11 Å². The van der Waals surface area contributed by atoms with Crippen molar-refractivity contribution >= 4 is 11.9 Å². The van der Waals surface area contributed by atoms with Crippen molar-refractivity contribution in [2.75, 3.05) is 6.54 Å². The first-order chi connectivity index (χ1) is 11.1. The maximum absolute atomic E-state index is 11.9. The van der Waals surface area contributed by atoms with E-state index >= 15 is 0 Å². The molecule has 120 valence electrons. The summed E-state index contributed by atoms with van der Waals surface area (Å²) in [6, 6.07) is 15.0. The van der Waals surface area contributed by atoms with Gasteiger partial charge in [-0.2, -0.15) is 0 Å². The number of nitrogens with one attached hydrogen (secondary N) is 1. The fourth-order valence-corrected chi connectivity index (χ4v) is 2.50. The summed E-state index contributed by atoms with van der Waals surface area (Å²) in [7, 11) is 0. The standard InChI is InChI=1S/C19H21NO3/c1-14-5-4-6-15(13-14)11-12-20-18(21)10-9-16-7-2-3-8-17(16)19(22)23/h2-8,13H,9-12H2,1H3,(H,20,21)(H,22,23). The van der Waals surface area contributed by atoms with Gasteiger partial charge in [-0.15, -0.1) is 0 Å². The highest BCUT2D eigenvalue weighted by Crippen LogP contribution is 2.11. The highest BCUT2D eigenvalue weighted by Gasteiger charge is 2.10. The number of aryl methyl sites for hydroxylation is 2. The Morgan fingerprint density at radius 3 is 2.57 bits per heavy atom. The molecule has 0 spiro atoms. The van der Waals surface area contributed by atoms with Gasteiger partial charge < -0.3 is 10.4 Å². The van der Waals surface area contributed by atoms with Crippen molar-refractivity contribution < 1.29 is 14.7 Å². The van der Waals surface area contributed by atoms with Gasteiger partial charge in [0.15, 0.2) is 0 Å². The van der Waals surface area contributed by atoms with Crippen molar-refractivity contribution in [3.63, 3.8) is 0 Å². The van der Waals surface area contributed by atoms with Crippen molar-refractivity contribution in [2.24, 2.45) is 0 Å². The van der Waals surface area contributed by atoms with Crippen LogP contribution in [0, 0.1) is 6.92 Å². The monoisotopic (exact) mass is 311 g/mol. The summed E-state index contributed by atoms with van der Waals surface area (Å²) in [6.07, 6.45) is 1.51. The van der Waals surface area contributed by atoms with Crippen LogP contribution in [0.3, 0.4) is 0 Å². The lowest BCUT2D eigenvalue weighted by Crippen LogP contribution is -2.26. The van der Waals surface area contributed by atoms with E-state index in [1.807, 2.05) is 25.1 Å². The lowest BCUT2D eigenvalue weighted by Gasteiger charge is -2.08. The van der Waals surface area contributed by atoms with Gasteiger partial charge in [0.1, 0.15) is 0 Å². The average Bonchev–Trinajstić information content (AvgIpc) is 2.53. The van der Waals surface area contributed by atoms with Crippen molar-refractivity contribution in [3.05, 3.63) is 70.8 Å². The number of benzene rings is 2. The molecule has 0 saturated heterocycles. The van der Waals surface area contributed by atoms with Gasteiger partial charge in [0, 0.05) is 13.0 Å². The van der Waals surface area contributed by atoms with Crippen LogP contribution in [0.15, 0.2) is 48.5 Å². The summed E-state index contributed by atoms with van der Waals surface area (Å²) >= 11 is 0. The molecule has 0 unspecified atom stereocenters. The second-order valence-electron chi connectivity index (χ2n) is 5.55. The maximum atomic E-state index is 11.9. The topological polar surface area (TPSA) is 66.4 Å². The Morgan fingerprint density at radius 1 is 1.04 bits per heavy atom. The zero-order valence-electron chi connectivity index (χ0n) is 13.2. The first-order valence-electron chi connectivity index (χ1n) is 7.69. The third-order valence-corrected chi connectivity index (χ3v) is 3.69. The van der Waals surface area contributed by atoms with Gasteiger partial charge in [0.05, 0.1) is 5.56 Å². The average molecular weight is 311 g/mol. The van der Waals surface area contributed by atoms with Crippen LogP contribution in [0.5, 0.6) is 0 Å². The minimum absolute atomic E-state index is 0.0576. The van der Waals surface area contributed by atoms with Gasteiger partial charge in [0.25, 0.3) is 0 Å². The largest absolute Gasteiger partial charge is 0.478 e. The summed E-state index contributed by atoms with van der Waals surface area (Å²) < 4.78 is 0. The van der Waals surface area contributed by atoms with E-state index in [0.717, 1.165) is 6.42 Å². The summed E-state index contributed by atoms with van der Waals surface area (Å²) in [5, 5.41) is 12.0. The van der Waals surface area contributed by atoms with Crippen LogP contribution in [-0.4, -0.2) is 23.5 Å². The Balaban J connectivity index is 1.78. The van der Waals surface area contributed by atoms with Gasteiger partial charge in [-0.3, -0.25) is 4.79 Å². The number of hydrogen-bond donors (Lipinski definition) is 2. The number of amides is 1. The maximum Gasteiger partial charge on any atom is 0.335 e. The van der Waals surface area contributed by atoms with Gasteiger partial charge >= 0.3 is 5.97 Å². The number of carboxylic acids is 1. The van der Waals surface area contributed by atoms with E-state index in [-0.39, 0.29) is 17.9 Å². The molecular formula is C19H21NO3. The van der Waals surface area contributed by atoms with Gasteiger partial charge in [-0.1, -0.05) is 48.0 Å². The van der Waals surface area contributed by atoms with E-state index in [0.29, 0.717) is 18.5 Å². The predicted molar refractivity (Wildman–Crippen MR) is 89.6 cm³/mol. The molecule has 4 nitrogen and oxygen atoms in total. The van der Waals surface area contributed by atoms with Crippen LogP contribution in [0.4, 0.5) is 0 Å². The number of aromatic carboxylic acids is 1. The summed E-state index contributed by atoms with van der Waals surface area (Å²) in [4.78, 5) is 23.0. The number of hydrogen-bond acceptors (Lipinski definition) is 2. The summed E-state index contributed by atoms with van der Waals surface area (Å²) in [5.41, 5.74) is 3.36. The molecule has 0 heterocycles. The molecule has 0 saturated carbocycles. The molecule has 2 aromatic rings. The molecule has 0 bridgehead atoms. The van der Waals surface area contributed by atoms with Crippen molar-refractivity contribution in [1.82, 2.24) is 5.32 Å². The van der Waals surface area contributed by atoms with Crippen LogP contribution in [0.1, 0.15) is 33.5 Å².